The van der Waals surface area contributed by atoms with Crippen molar-refractivity contribution in [2.45, 2.75) is 44.9 Å². The number of aryl methyl sites for hydroxylation is 1. The predicted molar refractivity (Wildman–Crippen MR) is 139 cm³/mol. The summed E-state index contributed by atoms with van der Waals surface area (Å²) in [7, 11) is 0. The van der Waals surface area contributed by atoms with Gasteiger partial charge in [0.2, 0.25) is 5.88 Å². The van der Waals surface area contributed by atoms with Crippen molar-refractivity contribution >= 4 is 17.5 Å². The third-order valence-electron chi connectivity index (χ3n) is 6.66. The van der Waals surface area contributed by atoms with Crippen molar-refractivity contribution in [3.05, 3.63) is 78.0 Å². The van der Waals surface area contributed by atoms with Crippen LogP contribution in [0.25, 0.3) is 22.5 Å². The topological polar surface area (TPSA) is 97.5 Å². The minimum absolute atomic E-state index is 0.579. The van der Waals surface area contributed by atoms with Crippen molar-refractivity contribution in [1.82, 2.24) is 10.1 Å². The summed E-state index contributed by atoms with van der Waals surface area (Å²) in [6.07, 6.45) is 3.46. The second kappa shape index (κ2) is 9.85. The van der Waals surface area contributed by atoms with E-state index in [1.165, 1.54) is 0 Å². The van der Waals surface area contributed by atoms with Gasteiger partial charge in [0, 0.05) is 11.6 Å². The van der Waals surface area contributed by atoms with Gasteiger partial charge in [0.15, 0.2) is 5.76 Å². The summed E-state index contributed by atoms with van der Waals surface area (Å²) in [5.41, 5.74) is 4.63. The molecule has 2 aromatic carbocycles. The number of carboxylic acid groups (broad SMARTS) is 1. The summed E-state index contributed by atoms with van der Waals surface area (Å²) >= 11 is 0. The average molecular weight is 484 g/mol. The van der Waals surface area contributed by atoms with Crippen LogP contribution in [0, 0.1) is 6.92 Å². The number of nitrogens with one attached hydrogen (secondary N) is 1. The minimum atomic E-state index is -0.739. The molecule has 0 saturated heterocycles. The Hall–Kier alpha value is -4.13. The second-order valence-electron chi connectivity index (χ2n) is 9.20. The molecule has 1 saturated carbocycles. The first kappa shape index (κ1) is 23.6. The van der Waals surface area contributed by atoms with Gasteiger partial charge in [-0.3, -0.25) is 4.79 Å². The summed E-state index contributed by atoms with van der Waals surface area (Å²) in [4.78, 5) is 16.1. The zero-order chi connectivity index (χ0) is 25.1. The molecule has 1 fully saturated rings. The Bertz CT molecular complexity index is 1360. The molecule has 1 aliphatic carbocycles. The van der Waals surface area contributed by atoms with Gasteiger partial charge in [0.1, 0.15) is 17.2 Å². The molecule has 184 valence electrons. The van der Waals surface area contributed by atoms with Crippen LogP contribution in [0.3, 0.4) is 0 Å². The monoisotopic (exact) mass is 483 g/mol. The SMILES string of the molecule is CCCCOc1cccc(Nc2c(C)noc2-c2ccc(-c3ccc(C4(C(=O)O)CC4)cc3)cc2)n1. The standard InChI is InChI=1S/C29H29N3O4/c1-3-4-18-35-25-7-5-6-24(30-25)31-26-19(2)32-36-27(26)22-10-8-20(9-11-22)21-12-14-23(15-13-21)29(16-17-29)28(33)34/h5-15H,3-4,16-18H2,1-2H3,(H,30,31)(H,33,34). The van der Waals surface area contributed by atoms with E-state index in [1.54, 1.807) is 0 Å². The third kappa shape index (κ3) is 4.69. The number of carboxylic acids is 1. The first-order valence-corrected chi connectivity index (χ1v) is 12.3. The lowest BCUT2D eigenvalue weighted by molar-refractivity contribution is -0.140. The van der Waals surface area contributed by atoms with E-state index < -0.39 is 11.4 Å². The Balaban J connectivity index is 1.33. The number of pyridine rings is 1. The maximum atomic E-state index is 11.6. The maximum Gasteiger partial charge on any atom is 0.314 e. The molecule has 2 heterocycles. The number of anilines is 2. The molecular formula is C29H29N3O4. The van der Waals surface area contributed by atoms with Gasteiger partial charge in [-0.1, -0.05) is 73.1 Å². The molecule has 1 aliphatic rings. The second-order valence-corrected chi connectivity index (χ2v) is 9.20. The van der Waals surface area contributed by atoms with Gasteiger partial charge in [-0.15, -0.1) is 0 Å². The highest BCUT2D eigenvalue weighted by Gasteiger charge is 2.51. The first-order chi connectivity index (χ1) is 17.5. The Kier molecular flexibility index (Phi) is 6.46. The number of carbonyl (C=O) groups is 1. The van der Waals surface area contributed by atoms with E-state index in [-0.39, 0.29) is 0 Å². The van der Waals surface area contributed by atoms with Crippen LogP contribution in [-0.4, -0.2) is 27.8 Å². The van der Waals surface area contributed by atoms with Crippen molar-refractivity contribution in [2.75, 3.05) is 11.9 Å². The van der Waals surface area contributed by atoms with Gasteiger partial charge in [0.05, 0.1) is 12.0 Å². The third-order valence-corrected chi connectivity index (χ3v) is 6.66. The van der Waals surface area contributed by atoms with Gasteiger partial charge < -0.3 is 19.7 Å². The van der Waals surface area contributed by atoms with E-state index >= 15 is 0 Å². The van der Waals surface area contributed by atoms with Crippen molar-refractivity contribution in [3.63, 3.8) is 0 Å². The van der Waals surface area contributed by atoms with Crippen molar-refractivity contribution in [3.8, 4) is 28.3 Å². The molecular weight excluding hydrogens is 454 g/mol. The van der Waals surface area contributed by atoms with Crippen LogP contribution in [0.5, 0.6) is 5.88 Å². The average Bonchev–Trinajstić information content (AvgIpc) is 3.64. The van der Waals surface area contributed by atoms with Crippen LogP contribution in [0.1, 0.15) is 43.9 Å². The van der Waals surface area contributed by atoms with E-state index in [4.69, 9.17) is 9.26 Å². The quantitative estimate of drug-likeness (QED) is 0.241. The molecule has 0 atom stereocenters. The highest BCUT2D eigenvalue weighted by atomic mass is 16.5. The fourth-order valence-electron chi connectivity index (χ4n) is 4.27. The fraction of sp³-hybridized carbons (Fsp3) is 0.276. The molecule has 36 heavy (non-hydrogen) atoms. The molecule has 0 bridgehead atoms. The maximum absolute atomic E-state index is 11.6. The number of unbranched alkanes of at least 4 members (excludes halogenated alkanes) is 1. The normalized spacial score (nSPS) is 13.8. The number of hydrogen-bond donors (Lipinski definition) is 2. The van der Waals surface area contributed by atoms with Crippen LogP contribution in [-0.2, 0) is 10.2 Å². The molecule has 0 aliphatic heterocycles. The van der Waals surface area contributed by atoms with Gasteiger partial charge in [-0.05, 0) is 48.9 Å². The summed E-state index contributed by atoms with van der Waals surface area (Å²) in [6.45, 7) is 4.65. The highest BCUT2D eigenvalue weighted by Crippen LogP contribution is 2.48. The van der Waals surface area contributed by atoms with Crippen LogP contribution in [0.2, 0.25) is 0 Å². The van der Waals surface area contributed by atoms with Crippen molar-refractivity contribution in [1.29, 1.82) is 0 Å². The van der Waals surface area contributed by atoms with Gasteiger partial charge in [-0.2, -0.15) is 4.98 Å². The molecule has 0 spiro atoms. The van der Waals surface area contributed by atoms with Crippen molar-refractivity contribution in [2.24, 2.45) is 0 Å². The van der Waals surface area contributed by atoms with Gasteiger partial charge >= 0.3 is 5.97 Å². The molecule has 0 amide bonds. The van der Waals surface area contributed by atoms with E-state index in [0.717, 1.165) is 46.5 Å². The van der Waals surface area contributed by atoms with Crippen molar-refractivity contribution < 1.29 is 19.2 Å². The molecule has 4 aromatic rings. The van der Waals surface area contributed by atoms with Crippen LogP contribution >= 0.6 is 0 Å². The van der Waals surface area contributed by atoms with Gasteiger partial charge in [-0.25, -0.2) is 0 Å². The van der Waals surface area contributed by atoms with Crippen LogP contribution in [0.15, 0.2) is 71.3 Å². The number of nitrogens with zero attached hydrogens (tertiary/aromatic N) is 2. The van der Waals surface area contributed by atoms with Gasteiger partial charge in [0.25, 0.3) is 0 Å². The Morgan fingerprint density at radius 2 is 1.69 bits per heavy atom. The van der Waals surface area contributed by atoms with E-state index in [2.05, 4.69) is 22.4 Å². The number of rotatable bonds is 10. The summed E-state index contributed by atoms with van der Waals surface area (Å²) < 4.78 is 11.4. The van der Waals surface area contributed by atoms with Crippen LogP contribution in [0.4, 0.5) is 11.5 Å². The lowest BCUT2D eigenvalue weighted by Crippen LogP contribution is -2.19. The van der Waals surface area contributed by atoms with E-state index in [0.29, 0.717) is 36.9 Å². The fourth-order valence-corrected chi connectivity index (χ4v) is 4.27. The summed E-state index contributed by atoms with van der Waals surface area (Å²) in [6, 6.07) is 21.5. The number of aliphatic carboxylic acids is 1. The number of aromatic nitrogens is 2. The molecule has 7 heteroatoms. The molecule has 2 aromatic heterocycles. The molecule has 2 N–H and O–H groups in total. The minimum Gasteiger partial charge on any atom is -0.481 e. The molecule has 5 rings (SSSR count). The lowest BCUT2D eigenvalue weighted by Gasteiger charge is -2.11. The first-order valence-electron chi connectivity index (χ1n) is 12.3. The number of benzene rings is 2. The molecule has 0 unspecified atom stereocenters. The van der Waals surface area contributed by atoms with Crippen LogP contribution < -0.4 is 10.1 Å². The predicted octanol–water partition coefficient (Wildman–Crippen LogP) is 6.75. The largest absolute Gasteiger partial charge is 0.481 e. The van der Waals surface area contributed by atoms with E-state index in [9.17, 15) is 9.90 Å². The number of ether oxygens (including phenoxy) is 1. The zero-order valence-electron chi connectivity index (χ0n) is 20.5. The zero-order valence-corrected chi connectivity index (χ0v) is 20.5. The molecule has 0 radical (unpaired) electrons. The Morgan fingerprint density at radius 1 is 1.03 bits per heavy atom. The number of hydrogen-bond acceptors (Lipinski definition) is 6. The van der Waals surface area contributed by atoms with E-state index in [1.807, 2.05) is 73.7 Å². The Labute approximate surface area is 210 Å². The smallest absolute Gasteiger partial charge is 0.314 e. The summed E-state index contributed by atoms with van der Waals surface area (Å²) in [5.74, 6) is 1.13. The lowest BCUT2D eigenvalue weighted by atomic mass is 9.93. The summed E-state index contributed by atoms with van der Waals surface area (Å²) in [5, 5.41) is 17.0. The Morgan fingerprint density at radius 3 is 2.33 bits per heavy atom. The molecule has 7 nitrogen and oxygen atoms in total. The highest BCUT2D eigenvalue weighted by molar-refractivity contribution is 5.85.